The number of hydrogen-bond acceptors (Lipinski definition) is 4. The van der Waals surface area contributed by atoms with Gasteiger partial charge in [-0.2, -0.15) is 10.2 Å². The average molecular weight is 282 g/mol. The standard InChI is InChI=1S/C15H14N4S/c1-16-17-10-12-11-19(13-6-3-2-4-7-13)18-15(12)14-8-5-9-20-14/h2-11,16H,1H3/b17-10-. The Morgan fingerprint density at radius 2 is 2.05 bits per heavy atom. The zero-order valence-corrected chi connectivity index (χ0v) is 11.8. The van der Waals surface area contributed by atoms with Crippen LogP contribution in [-0.2, 0) is 0 Å². The number of benzene rings is 1. The fourth-order valence-electron chi connectivity index (χ4n) is 1.93. The van der Waals surface area contributed by atoms with Crippen molar-refractivity contribution in [2.45, 2.75) is 0 Å². The first kappa shape index (κ1) is 12.6. The molecule has 1 N–H and O–H groups in total. The lowest BCUT2D eigenvalue weighted by Crippen LogP contribution is -1.94. The number of thiophene rings is 1. The third-order valence-electron chi connectivity index (χ3n) is 2.85. The Morgan fingerprint density at radius 1 is 1.20 bits per heavy atom. The molecule has 0 bridgehead atoms. The summed E-state index contributed by atoms with van der Waals surface area (Å²) < 4.78 is 1.88. The number of hydrogen-bond donors (Lipinski definition) is 1. The van der Waals surface area contributed by atoms with Crippen molar-refractivity contribution in [3.63, 3.8) is 0 Å². The number of nitrogens with one attached hydrogen (secondary N) is 1. The third kappa shape index (κ3) is 2.48. The molecule has 0 atom stereocenters. The summed E-state index contributed by atoms with van der Waals surface area (Å²) >= 11 is 1.67. The Hall–Kier alpha value is -2.40. The van der Waals surface area contributed by atoms with Crippen LogP contribution in [0, 0.1) is 0 Å². The molecule has 5 heteroatoms. The third-order valence-corrected chi connectivity index (χ3v) is 3.73. The maximum Gasteiger partial charge on any atom is 0.112 e. The molecule has 0 aliphatic rings. The van der Waals surface area contributed by atoms with Gasteiger partial charge >= 0.3 is 0 Å². The van der Waals surface area contributed by atoms with Gasteiger partial charge in [-0.25, -0.2) is 4.68 Å². The smallest absolute Gasteiger partial charge is 0.112 e. The predicted octanol–water partition coefficient (Wildman–Crippen LogP) is 3.15. The number of rotatable bonds is 4. The summed E-state index contributed by atoms with van der Waals surface area (Å²) in [6, 6.07) is 14.2. The first-order valence-corrected chi connectivity index (χ1v) is 7.15. The summed E-state index contributed by atoms with van der Waals surface area (Å²) in [4.78, 5) is 1.14. The highest BCUT2D eigenvalue weighted by Gasteiger charge is 2.11. The highest BCUT2D eigenvalue weighted by molar-refractivity contribution is 7.13. The molecule has 0 spiro atoms. The van der Waals surface area contributed by atoms with Gasteiger partial charge in [0.15, 0.2) is 0 Å². The van der Waals surface area contributed by atoms with Gasteiger partial charge in [0.05, 0.1) is 16.8 Å². The van der Waals surface area contributed by atoms with Crippen molar-refractivity contribution in [1.29, 1.82) is 0 Å². The molecule has 2 aromatic heterocycles. The fourth-order valence-corrected chi connectivity index (χ4v) is 2.66. The van der Waals surface area contributed by atoms with Crippen molar-refractivity contribution in [2.24, 2.45) is 5.10 Å². The van der Waals surface area contributed by atoms with Crippen LogP contribution >= 0.6 is 11.3 Å². The molecule has 0 aliphatic carbocycles. The first-order valence-electron chi connectivity index (χ1n) is 6.27. The monoisotopic (exact) mass is 282 g/mol. The molecule has 3 rings (SSSR count). The summed E-state index contributed by atoms with van der Waals surface area (Å²) in [5.41, 5.74) is 5.75. The van der Waals surface area contributed by atoms with E-state index in [2.05, 4.69) is 27.1 Å². The summed E-state index contributed by atoms with van der Waals surface area (Å²) in [5, 5.41) is 10.8. The van der Waals surface area contributed by atoms with Crippen LogP contribution in [0.3, 0.4) is 0 Å². The van der Waals surface area contributed by atoms with Gasteiger partial charge in [-0.05, 0) is 23.6 Å². The van der Waals surface area contributed by atoms with E-state index < -0.39 is 0 Å². The second-order valence-corrected chi connectivity index (χ2v) is 5.12. The Labute approximate surface area is 121 Å². The van der Waals surface area contributed by atoms with Gasteiger partial charge in [-0.15, -0.1) is 11.3 Å². The van der Waals surface area contributed by atoms with Crippen LogP contribution in [0.15, 0.2) is 59.1 Å². The van der Waals surface area contributed by atoms with Gasteiger partial charge < -0.3 is 5.43 Å². The van der Waals surface area contributed by atoms with Gasteiger partial charge in [-0.3, -0.25) is 0 Å². The maximum absolute atomic E-state index is 4.68. The van der Waals surface area contributed by atoms with E-state index in [4.69, 9.17) is 0 Å². The summed E-state index contributed by atoms with van der Waals surface area (Å²) in [7, 11) is 1.78. The second-order valence-electron chi connectivity index (χ2n) is 4.17. The molecule has 4 nitrogen and oxygen atoms in total. The molecule has 0 aliphatic heterocycles. The van der Waals surface area contributed by atoms with E-state index in [9.17, 15) is 0 Å². The molecule has 2 heterocycles. The minimum absolute atomic E-state index is 0.947. The lowest BCUT2D eigenvalue weighted by Gasteiger charge is -1.98. The zero-order chi connectivity index (χ0) is 13.8. The van der Waals surface area contributed by atoms with Gasteiger partial charge in [0.25, 0.3) is 0 Å². The van der Waals surface area contributed by atoms with Crippen LogP contribution in [0.4, 0.5) is 0 Å². The molecule has 0 saturated heterocycles. The van der Waals surface area contributed by atoms with Gasteiger partial charge in [-0.1, -0.05) is 24.3 Å². The molecular formula is C15H14N4S. The topological polar surface area (TPSA) is 42.2 Å². The van der Waals surface area contributed by atoms with Crippen LogP contribution in [0.2, 0.25) is 0 Å². The molecule has 3 aromatic rings. The lowest BCUT2D eigenvalue weighted by atomic mass is 10.2. The number of para-hydroxylation sites is 1. The van der Waals surface area contributed by atoms with E-state index in [1.807, 2.05) is 47.3 Å². The van der Waals surface area contributed by atoms with E-state index in [0.29, 0.717) is 0 Å². The quantitative estimate of drug-likeness (QED) is 0.590. The van der Waals surface area contributed by atoms with Gasteiger partial charge in [0, 0.05) is 18.8 Å². The van der Waals surface area contributed by atoms with E-state index in [0.717, 1.165) is 21.8 Å². The highest BCUT2D eigenvalue weighted by atomic mass is 32.1. The van der Waals surface area contributed by atoms with Gasteiger partial charge in [0.1, 0.15) is 5.69 Å². The number of aromatic nitrogens is 2. The highest BCUT2D eigenvalue weighted by Crippen LogP contribution is 2.26. The molecule has 20 heavy (non-hydrogen) atoms. The fraction of sp³-hybridized carbons (Fsp3) is 0.0667. The molecule has 100 valence electrons. The summed E-state index contributed by atoms with van der Waals surface area (Å²) in [6.07, 6.45) is 3.78. The molecule has 0 radical (unpaired) electrons. The number of nitrogens with zero attached hydrogens (tertiary/aromatic N) is 3. The van der Waals surface area contributed by atoms with Crippen LogP contribution in [0.25, 0.3) is 16.3 Å². The summed E-state index contributed by atoms with van der Waals surface area (Å²) in [5.74, 6) is 0. The van der Waals surface area contributed by atoms with Crippen molar-refractivity contribution in [2.75, 3.05) is 7.05 Å². The Balaban J connectivity index is 2.08. The van der Waals surface area contributed by atoms with E-state index in [1.54, 1.807) is 24.6 Å². The Bertz CT molecular complexity index is 699. The molecular weight excluding hydrogens is 268 g/mol. The van der Waals surface area contributed by atoms with Crippen molar-refractivity contribution >= 4 is 17.6 Å². The molecule has 0 fully saturated rings. The SMILES string of the molecule is CN/N=C\c1cn(-c2ccccc2)nc1-c1cccs1. The number of hydrazone groups is 1. The van der Waals surface area contributed by atoms with E-state index in [1.165, 1.54) is 0 Å². The predicted molar refractivity (Wildman–Crippen MR) is 83.5 cm³/mol. The van der Waals surface area contributed by atoms with Crippen LogP contribution in [-0.4, -0.2) is 23.0 Å². The maximum atomic E-state index is 4.68. The minimum atomic E-state index is 0.947. The van der Waals surface area contributed by atoms with Crippen LogP contribution < -0.4 is 5.43 Å². The van der Waals surface area contributed by atoms with Crippen LogP contribution in [0.1, 0.15) is 5.56 Å². The van der Waals surface area contributed by atoms with Crippen molar-refractivity contribution in [3.05, 3.63) is 59.6 Å². The van der Waals surface area contributed by atoms with E-state index >= 15 is 0 Å². The van der Waals surface area contributed by atoms with Gasteiger partial charge in [0.2, 0.25) is 0 Å². The second kappa shape index (κ2) is 5.71. The lowest BCUT2D eigenvalue weighted by molar-refractivity contribution is 0.885. The normalized spacial score (nSPS) is 11.1. The minimum Gasteiger partial charge on any atom is -0.313 e. The molecule has 0 amide bonds. The van der Waals surface area contributed by atoms with Crippen molar-refractivity contribution in [3.8, 4) is 16.3 Å². The zero-order valence-electron chi connectivity index (χ0n) is 11.0. The molecule has 0 unspecified atom stereocenters. The molecule has 1 aromatic carbocycles. The Kier molecular flexibility index (Phi) is 3.60. The van der Waals surface area contributed by atoms with Crippen LogP contribution in [0.5, 0.6) is 0 Å². The van der Waals surface area contributed by atoms with Crippen molar-refractivity contribution < 1.29 is 0 Å². The van der Waals surface area contributed by atoms with Crippen molar-refractivity contribution in [1.82, 2.24) is 15.2 Å². The first-order chi connectivity index (χ1) is 9.88. The summed E-state index contributed by atoms with van der Waals surface area (Å²) in [6.45, 7) is 0. The largest absolute Gasteiger partial charge is 0.313 e. The molecule has 0 saturated carbocycles. The van der Waals surface area contributed by atoms with E-state index in [-0.39, 0.29) is 0 Å². The Morgan fingerprint density at radius 3 is 2.75 bits per heavy atom. The average Bonchev–Trinajstić information content (AvgIpc) is 3.15.